The Labute approximate surface area is 134 Å². The van der Waals surface area contributed by atoms with E-state index in [9.17, 15) is 0 Å². The predicted molar refractivity (Wildman–Crippen MR) is 86.7 cm³/mol. The van der Waals surface area contributed by atoms with E-state index in [1.807, 2.05) is 31.1 Å². The quantitative estimate of drug-likeness (QED) is 0.918. The molecule has 116 valence electrons. The summed E-state index contributed by atoms with van der Waals surface area (Å²) in [5, 5.41) is 4.07. The average molecular weight is 320 g/mol. The summed E-state index contributed by atoms with van der Waals surface area (Å²) in [6.07, 6.45) is 1.80. The number of halogens is 1. The lowest BCUT2D eigenvalue weighted by atomic mass is 10.2. The van der Waals surface area contributed by atoms with Crippen molar-refractivity contribution < 1.29 is 9.47 Å². The zero-order valence-electron chi connectivity index (χ0n) is 12.6. The number of aromatic nitrogens is 1. The van der Waals surface area contributed by atoms with Crippen molar-refractivity contribution in [1.82, 2.24) is 10.3 Å². The number of nitrogens with zero attached hydrogens (tertiary/aromatic N) is 2. The van der Waals surface area contributed by atoms with Gasteiger partial charge in [0.05, 0.1) is 0 Å². The van der Waals surface area contributed by atoms with Crippen molar-refractivity contribution in [2.24, 2.45) is 0 Å². The molecule has 0 saturated carbocycles. The molecule has 6 heteroatoms. The number of fused-ring (bicyclic) bond motifs is 1. The zero-order valence-corrected chi connectivity index (χ0v) is 13.4. The van der Waals surface area contributed by atoms with E-state index in [1.165, 1.54) is 0 Å². The lowest BCUT2D eigenvalue weighted by Gasteiger charge is -2.16. The van der Waals surface area contributed by atoms with E-state index in [-0.39, 0.29) is 6.79 Å². The first-order valence-corrected chi connectivity index (χ1v) is 7.43. The van der Waals surface area contributed by atoms with Crippen LogP contribution in [-0.2, 0) is 13.1 Å². The van der Waals surface area contributed by atoms with Crippen LogP contribution in [0.1, 0.15) is 11.1 Å². The minimum absolute atomic E-state index is 0.254. The number of pyridine rings is 1. The molecule has 0 atom stereocenters. The molecule has 1 aromatic carbocycles. The standard InChI is InChI=1S/C16H18ClN3O2/c1-20(2)16-11(4-3-5-19-16)8-18-9-12-6-14-15(7-13(12)17)22-10-21-14/h3-7,18H,8-10H2,1-2H3. The van der Waals surface area contributed by atoms with Crippen molar-refractivity contribution >= 4 is 17.4 Å². The van der Waals surface area contributed by atoms with Gasteiger partial charge >= 0.3 is 0 Å². The molecule has 2 aromatic rings. The topological polar surface area (TPSA) is 46.6 Å². The third kappa shape index (κ3) is 3.10. The lowest BCUT2D eigenvalue weighted by Crippen LogP contribution is -2.18. The van der Waals surface area contributed by atoms with Crippen LogP contribution in [0.4, 0.5) is 5.82 Å². The van der Waals surface area contributed by atoms with E-state index in [0.717, 1.165) is 22.7 Å². The molecule has 0 radical (unpaired) electrons. The molecule has 1 aliphatic heterocycles. The van der Waals surface area contributed by atoms with Crippen LogP contribution in [0.5, 0.6) is 11.5 Å². The molecule has 0 aliphatic carbocycles. The van der Waals surface area contributed by atoms with E-state index in [4.69, 9.17) is 21.1 Å². The van der Waals surface area contributed by atoms with Crippen LogP contribution in [0, 0.1) is 0 Å². The van der Waals surface area contributed by atoms with Crippen LogP contribution in [0.25, 0.3) is 0 Å². The van der Waals surface area contributed by atoms with E-state index < -0.39 is 0 Å². The van der Waals surface area contributed by atoms with Crippen LogP contribution >= 0.6 is 11.6 Å². The van der Waals surface area contributed by atoms with E-state index in [2.05, 4.69) is 16.4 Å². The number of benzene rings is 1. The Morgan fingerprint density at radius 1 is 1.18 bits per heavy atom. The molecule has 22 heavy (non-hydrogen) atoms. The van der Waals surface area contributed by atoms with Gasteiger partial charge in [-0.3, -0.25) is 0 Å². The van der Waals surface area contributed by atoms with Crippen LogP contribution < -0.4 is 19.7 Å². The highest BCUT2D eigenvalue weighted by molar-refractivity contribution is 6.31. The third-order valence-electron chi connectivity index (χ3n) is 3.46. The van der Waals surface area contributed by atoms with Crippen molar-refractivity contribution in [2.45, 2.75) is 13.1 Å². The van der Waals surface area contributed by atoms with E-state index in [0.29, 0.717) is 23.9 Å². The molecule has 2 heterocycles. The molecule has 0 unspecified atom stereocenters. The average Bonchev–Trinajstić information content (AvgIpc) is 2.94. The SMILES string of the molecule is CN(C)c1ncccc1CNCc1cc2c(cc1Cl)OCO2. The molecular formula is C16H18ClN3O2. The maximum absolute atomic E-state index is 6.28. The van der Waals surface area contributed by atoms with Crippen LogP contribution in [0.3, 0.4) is 0 Å². The molecule has 0 spiro atoms. The van der Waals surface area contributed by atoms with Gasteiger partial charge in [-0.1, -0.05) is 17.7 Å². The van der Waals surface area contributed by atoms with Gasteiger partial charge in [-0.05, 0) is 17.7 Å². The van der Waals surface area contributed by atoms with Gasteiger partial charge in [0.2, 0.25) is 6.79 Å². The summed E-state index contributed by atoms with van der Waals surface area (Å²) < 4.78 is 10.7. The summed E-state index contributed by atoms with van der Waals surface area (Å²) in [6, 6.07) is 7.73. The zero-order chi connectivity index (χ0) is 15.5. The minimum Gasteiger partial charge on any atom is -0.454 e. The lowest BCUT2D eigenvalue weighted by molar-refractivity contribution is 0.174. The molecule has 0 amide bonds. The summed E-state index contributed by atoms with van der Waals surface area (Å²) in [5.41, 5.74) is 2.13. The highest BCUT2D eigenvalue weighted by atomic mass is 35.5. The highest BCUT2D eigenvalue weighted by Crippen LogP contribution is 2.36. The first-order valence-electron chi connectivity index (χ1n) is 7.05. The summed E-state index contributed by atoms with van der Waals surface area (Å²) in [6.45, 7) is 1.62. The Kier molecular flexibility index (Phi) is 4.36. The summed E-state index contributed by atoms with van der Waals surface area (Å²) in [4.78, 5) is 6.40. The van der Waals surface area contributed by atoms with Gasteiger partial charge in [-0.25, -0.2) is 4.98 Å². The molecule has 1 aliphatic rings. The Hall–Kier alpha value is -1.98. The summed E-state index contributed by atoms with van der Waals surface area (Å²) in [5.74, 6) is 2.42. The van der Waals surface area contributed by atoms with Gasteiger partial charge < -0.3 is 19.7 Å². The minimum atomic E-state index is 0.254. The Morgan fingerprint density at radius 3 is 2.68 bits per heavy atom. The molecule has 1 N–H and O–H groups in total. The fourth-order valence-corrected chi connectivity index (χ4v) is 2.62. The van der Waals surface area contributed by atoms with Gasteiger partial charge in [-0.15, -0.1) is 0 Å². The van der Waals surface area contributed by atoms with Gasteiger partial charge in [0.15, 0.2) is 11.5 Å². The van der Waals surface area contributed by atoms with Crippen molar-refractivity contribution in [2.75, 3.05) is 25.8 Å². The largest absolute Gasteiger partial charge is 0.454 e. The number of nitrogens with one attached hydrogen (secondary N) is 1. The third-order valence-corrected chi connectivity index (χ3v) is 3.82. The van der Waals surface area contributed by atoms with E-state index in [1.54, 1.807) is 12.3 Å². The molecule has 0 fully saturated rings. The first kappa shape index (κ1) is 14.9. The predicted octanol–water partition coefficient (Wildman–Crippen LogP) is 2.82. The second-order valence-corrected chi connectivity index (χ2v) is 5.69. The van der Waals surface area contributed by atoms with Crippen molar-refractivity contribution in [3.63, 3.8) is 0 Å². The van der Waals surface area contributed by atoms with Gasteiger partial charge in [0.25, 0.3) is 0 Å². The first-order chi connectivity index (χ1) is 10.6. The maximum atomic E-state index is 6.28. The molecule has 0 saturated heterocycles. The number of hydrogen-bond acceptors (Lipinski definition) is 5. The molecule has 0 bridgehead atoms. The molecular weight excluding hydrogens is 302 g/mol. The maximum Gasteiger partial charge on any atom is 0.231 e. The smallest absolute Gasteiger partial charge is 0.231 e. The van der Waals surface area contributed by atoms with Crippen LogP contribution in [0.15, 0.2) is 30.5 Å². The van der Waals surface area contributed by atoms with Crippen molar-refractivity contribution in [3.8, 4) is 11.5 Å². The van der Waals surface area contributed by atoms with Crippen LogP contribution in [0.2, 0.25) is 5.02 Å². The highest BCUT2D eigenvalue weighted by Gasteiger charge is 2.16. The molecule has 1 aromatic heterocycles. The second kappa shape index (κ2) is 6.42. The molecule has 3 rings (SSSR count). The second-order valence-electron chi connectivity index (χ2n) is 5.28. The van der Waals surface area contributed by atoms with Crippen LogP contribution in [-0.4, -0.2) is 25.9 Å². The van der Waals surface area contributed by atoms with Gasteiger partial charge in [0.1, 0.15) is 5.82 Å². The molecule has 5 nitrogen and oxygen atoms in total. The fraction of sp³-hybridized carbons (Fsp3) is 0.312. The van der Waals surface area contributed by atoms with Crippen molar-refractivity contribution in [1.29, 1.82) is 0 Å². The summed E-state index contributed by atoms with van der Waals surface area (Å²) >= 11 is 6.28. The number of anilines is 1. The Bertz CT molecular complexity index is 676. The monoisotopic (exact) mass is 319 g/mol. The number of hydrogen-bond donors (Lipinski definition) is 1. The number of rotatable bonds is 5. The van der Waals surface area contributed by atoms with Gasteiger partial charge in [-0.2, -0.15) is 0 Å². The Balaban J connectivity index is 1.67. The van der Waals surface area contributed by atoms with E-state index >= 15 is 0 Å². The fourth-order valence-electron chi connectivity index (χ4n) is 2.40. The van der Waals surface area contributed by atoms with Gasteiger partial charge in [0, 0.05) is 50.0 Å². The number of ether oxygens (including phenoxy) is 2. The Morgan fingerprint density at radius 2 is 1.91 bits per heavy atom. The van der Waals surface area contributed by atoms with Crippen molar-refractivity contribution in [3.05, 3.63) is 46.6 Å². The normalized spacial score (nSPS) is 12.5. The summed E-state index contributed by atoms with van der Waals surface area (Å²) in [7, 11) is 3.97.